The summed E-state index contributed by atoms with van der Waals surface area (Å²) in [6, 6.07) is 6.98. The highest BCUT2D eigenvalue weighted by Gasteiger charge is 2.37. The van der Waals surface area contributed by atoms with E-state index < -0.39 is 16.4 Å². The number of nitrogens with two attached hydrogens (primary N) is 1. The normalized spacial score (nSPS) is 16.3. The van der Waals surface area contributed by atoms with E-state index in [1.807, 2.05) is 13.0 Å². The Labute approximate surface area is 175 Å². The van der Waals surface area contributed by atoms with Gasteiger partial charge in [0, 0.05) is 25.2 Å². The van der Waals surface area contributed by atoms with Crippen molar-refractivity contribution in [3.05, 3.63) is 48.1 Å². The van der Waals surface area contributed by atoms with Gasteiger partial charge in [-0.2, -0.15) is 0 Å². The number of oxazole rings is 1. The van der Waals surface area contributed by atoms with Crippen LogP contribution in [-0.2, 0) is 4.74 Å². The summed E-state index contributed by atoms with van der Waals surface area (Å²) in [6.07, 6.45) is 3.22. The molecule has 4 rings (SSSR count). The van der Waals surface area contributed by atoms with Crippen molar-refractivity contribution in [2.24, 2.45) is 0 Å². The fourth-order valence-electron chi connectivity index (χ4n) is 3.15. The van der Waals surface area contributed by atoms with Gasteiger partial charge in [-0.05, 0) is 36.2 Å². The Morgan fingerprint density at radius 1 is 1.13 bits per heavy atom. The minimum Gasteiger partial charge on any atom is -0.441 e. The van der Waals surface area contributed by atoms with E-state index in [2.05, 4.69) is 14.7 Å². The van der Waals surface area contributed by atoms with E-state index in [0.717, 1.165) is 16.7 Å². The first-order valence-electron chi connectivity index (χ1n) is 9.29. The van der Waals surface area contributed by atoms with Crippen molar-refractivity contribution >= 4 is 16.6 Å². The van der Waals surface area contributed by atoms with E-state index in [1.54, 1.807) is 37.5 Å². The molecular weight excluding hydrogens is 408 g/mol. The molecule has 1 aliphatic heterocycles. The maximum atomic E-state index is 10.6. The molecule has 3 heterocycles. The minimum absolute atomic E-state index is 0.0109. The number of nitrogen functional groups attached to an aromatic ring is 1. The molecule has 1 saturated heterocycles. The van der Waals surface area contributed by atoms with Crippen LogP contribution in [0.15, 0.2) is 46.0 Å². The van der Waals surface area contributed by atoms with Crippen LogP contribution in [0, 0.1) is 13.8 Å². The molecule has 0 spiro atoms. The van der Waals surface area contributed by atoms with Crippen molar-refractivity contribution in [2.45, 2.75) is 24.3 Å². The number of nitrogens with zero attached hydrogens (tertiary/aromatic N) is 2. The summed E-state index contributed by atoms with van der Waals surface area (Å²) >= 11 is 0. The Hall–Kier alpha value is -2.47. The van der Waals surface area contributed by atoms with E-state index in [1.165, 1.54) is 0 Å². The van der Waals surface area contributed by atoms with Crippen molar-refractivity contribution < 1.29 is 23.4 Å². The summed E-state index contributed by atoms with van der Waals surface area (Å²) in [5.74, 6) is 1.34. The van der Waals surface area contributed by atoms with Gasteiger partial charge in [-0.25, -0.2) is 14.7 Å². The van der Waals surface area contributed by atoms with Crippen LogP contribution in [-0.4, -0.2) is 49.5 Å². The van der Waals surface area contributed by atoms with Crippen LogP contribution in [0.2, 0.25) is 0 Å². The standard InChI is InChI=1S/C20H24N4O5S/c1-12-3-4-15(30(26,27)24-9-20(25)10-28-11-20)6-16(12)14-5-17(19(21)23-7-14)18-8-22-13(2)29-18/h3-8,24-27H,9-11H2,1-2H3,(H2,21,23). The van der Waals surface area contributed by atoms with Crippen LogP contribution < -0.4 is 10.5 Å². The highest BCUT2D eigenvalue weighted by atomic mass is 32.3. The van der Waals surface area contributed by atoms with Crippen LogP contribution in [0.3, 0.4) is 0 Å². The van der Waals surface area contributed by atoms with Gasteiger partial charge in [0.05, 0.1) is 29.9 Å². The van der Waals surface area contributed by atoms with Gasteiger partial charge < -0.3 is 20.0 Å². The highest BCUT2D eigenvalue weighted by Crippen LogP contribution is 2.46. The summed E-state index contributed by atoms with van der Waals surface area (Å²) in [5, 5.41) is 10.1. The SMILES string of the molecule is Cc1ncc(-c2cc(-c3cc(S(O)(O)NCC4(O)COC4)ccc3C)cnc2N)o1. The number of ether oxygens (including phenoxy) is 1. The first kappa shape index (κ1) is 20.8. The van der Waals surface area contributed by atoms with E-state index in [-0.39, 0.29) is 19.8 Å². The van der Waals surface area contributed by atoms with Crippen molar-refractivity contribution in [3.63, 3.8) is 0 Å². The van der Waals surface area contributed by atoms with Crippen molar-refractivity contribution in [1.29, 1.82) is 0 Å². The molecule has 6 N–H and O–H groups in total. The van der Waals surface area contributed by atoms with Crippen LogP contribution in [0.5, 0.6) is 0 Å². The second-order valence-corrected chi connectivity index (χ2v) is 9.32. The van der Waals surface area contributed by atoms with Gasteiger partial charge in [0.1, 0.15) is 11.4 Å². The molecule has 2 aromatic heterocycles. The lowest BCUT2D eigenvalue weighted by atomic mass is 10.0. The molecule has 1 fully saturated rings. The Balaban J connectivity index is 1.66. The predicted molar refractivity (Wildman–Crippen MR) is 114 cm³/mol. The fourth-order valence-corrected chi connectivity index (χ4v) is 4.33. The maximum absolute atomic E-state index is 10.6. The van der Waals surface area contributed by atoms with Crippen LogP contribution >= 0.6 is 10.8 Å². The Morgan fingerprint density at radius 2 is 1.90 bits per heavy atom. The second kappa shape index (κ2) is 7.65. The fraction of sp³-hybridized carbons (Fsp3) is 0.300. The molecule has 1 aliphatic rings. The number of nitrogens with one attached hydrogen (secondary N) is 1. The predicted octanol–water partition coefficient (Wildman–Crippen LogP) is 2.98. The minimum atomic E-state index is -3.32. The van der Waals surface area contributed by atoms with E-state index >= 15 is 0 Å². The molecule has 0 saturated carbocycles. The molecule has 0 bridgehead atoms. The molecule has 30 heavy (non-hydrogen) atoms. The molecule has 160 valence electrons. The molecule has 0 unspecified atom stereocenters. The number of anilines is 1. The van der Waals surface area contributed by atoms with Crippen LogP contribution in [0.25, 0.3) is 22.5 Å². The Bertz CT molecular complexity index is 1080. The largest absolute Gasteiger partial charge is 0.441 e. The molecule has 9 nitrogen and oxygen atoms in total. The van der Waals surface area contributed by atoms with Gasteiger partial charge in [-0.1, -0.05) is 6.07 Å². The molecule has 3 aromatic rings. The summed E-state index contributed by atoms with van der Waals surface area (Å²) in [4.78, 5) is 8.68. The van der Waals surface area contributed by atoms with E-state index in [0.29, 0.717) is 27.9 Å². The van der Waals surface area contributed by atoms with Crippen molar-refractivity contribution in [2.75, 3.05) is 25.5 Å². The molecule has 0 atom stereocenters. The topological polar surface area (TPSA) is 147 Å². The lowest BCUT2D eigenvalue weighted by Crippen LogP contribution is -2.56. The quantitative estimate of drug-likeness (QED) is 0.396. The first-order valence-corrected chi connectivity index (χ1v) is 10.8. The van der Waals surface area contributed by atoms with Gasteiger partial charge in [-0.3, -0.25) is 9.11 Å². The summed E-state index contributed by atoms with van der Waals surface area (Å²) in [7, 11) is -3.32. The number of aryl methyl sites for hydroxylation is 2. The molecular formula is C20H24N4O5S. The van der Waals surface area contributed by atoms with Gasteiger partial charge in [0.15, 0.2) is 11.7 Å². The number of hydrogen-bond donors (Lipinski definition) is 5. The average Bonchev–Trinajstić information content (AvgIpc) is 3.12. The highest BCUT2D eigenvalue weighted by molar-refractivity contribution is 8.22. The lowest BCUT2D eigenvalue weighted by Gasteiger charge is -2.41. The number of aromatic nitrogens is 2. The van der Waals surface area contributed by atoms with E-state index in [4.69, 9.17) is 14.9 Å². The smallest absolute Gasteiger partial charge is 0.191 e. The molecule has 1 aromatic carbocycles. The van der Waals surface area contributed by atoms with Crippen molar-refractivity contribution in [3.8, 4) is 22.5 Å². The lowest BCUT2D eigenvalue weighted by molar-refractivity contribution is -0.172. The maximum Gasteiger partial charge on any atom is 0.191 e. The summed E-state index contributed by atoms with van der Waals surface area (Å²) in [6.45, 7) is 4.00. The van der Waals surface area contributed by atoms with E-state index in [9.17, 15) is 14.2 Å². The van der Waals surface area contributed by atoms with Gasteiger partial charge >= 0.3 is 0 Å². The summed E-state index contributed by atoms with van der Waals surface area (Å²) < 4.78 is 34.5. The van der Waals surface area contributed by atoms with Crippen LogP contribution in [0.4, 0.5) is 5.82 Å². The third-order valence-electron chi connectivity index (χ3n) is 5.00. The van der Waals surface area contributed by atoms with Gasteiger partial charge in [0.2, 0.25) is 0 Å². The average molecular weight is 433 g/mol. The summed E-state index contributed by atoms with van der Waals surface area (Å²) in [5.41, 5.74) is 7.99. The van der Waals surface area contributed by atoms with Crippen molar-refractivity contribution in [1.82, 2.24) is 14.7 Å². The zero-order valence-electron chi connectivity index (χ0n) is 16.6. The Morgan fingerprint density at radius 3 is 2.53 bits per heavy atom. The second-order valence-electron chi connectivity index (χ2n) is 7.46. The monoisotopic (exact) mass is 432 g/mol. The number of aliphatic hydroxyl groups is 1. The number of pyridine rings is 1. The zero-order chi connectivity index (χ0) is 21.5. The van der Waals surface area contributed by atoms with Gasteiger partial charge in [0.25, 0.3) is 0 Å². The zero-order valence-corrected chi connectivity index (χ0v) is 17.4. The Kier molecular flexibility index (Phi) is 5.30. The first-order chi connectivity index (χ1) is 14.2. The molecule has 0 aliphatic carbocycles. The molecule has 0 amide bonds. The third-order valence-corrected chi connectivity index (χ3v) is 6.46. The number of benzene rings is 1. The van der Waals surface area contributed by atoms with Crippen LogP contribution in [0.1, 0.15) is 11.5 Å². The number of hydrogen-bond acceptors (Lipinski definition) is 9. The molecule has 10 heteroatoms. The van der Waals surface area contributed by atoms with Gasteiger partial charge in [-0.15, -0.1) is 10.8 Å². The number of rotatable bonds is 6. The molecule has 0 radical (unpaired) electrons. The third kappa shape index (κ3) is 4.06.